The van der Waals surface area contributed by atoms with Crippen LogP contribution in [0.15, 0.2) is 73.0 Å². The fourth-order valence-corrected chi connectivity index (χ4v) is 5.21. The monoisotopic (exact) mass is 587 g/mol. The van der Waals surface area contributed by atoms with E-state index in [1.165, 1.54) is 18.3 Å². The van der Waals surface area contributed by atoms with Crippen molar-refractivity contribution >= 4 is 62.2 Å². The highest BCUT2D eigenvalue weighted by atomic mass is 35.5. The lowest BCUT2D eigenvalue weighted by molar-refractivity contribution is 0.221. The first-order valence-electron chi connectivity index (χ1n) is 12.8. The van der Waals surface area contributed by atoms with E-state index in [4.69, 9.17) is 23.2 Å². The summed E-state index contributed by atoms with van der Waals surface area (Å²) >= 11 is 12.8. The van der Waals surface area contributed by atoms with Gasteiger partial charge in [-0.2, -0.15) is 5.26 Å². The summed E-state index contributed by atoms with van der Waals surface area (Å²) in [6, 6.07) is 15.9. The van der Waals surface area contributed by atoms with Crippen LogP contribution < -0.4 is 21.6 Å². The highest BCUT2D eigenvalue weighted by Crippen LogP contribution is 2.38. The van der Waals surface area contributed by atoms with Crippen LogP contribution in [0.3, 0.4) is 0 Å². The minimum Gasteiger partial charge on any atom is -0.373 e. The lowest BCUT2D eigenvalue weighted by Crippen LogP contribution is -2.41. The van der Waals surface area contributed by atoms with E-state index < -0.39 is 5.82 Å². The number of pyridine rings is 1. The number of nitrogens with zero attached hydrogens (tertiary/aromatic N) is 4. The Bertz CT molecular complexity index is 1860. The van der Waals surface area contributed by atoms with Gasteiger partial charge >= 0.3 is 0 Å². The summed E-state index contributed by atoms with van der Waals surface area (Å²) in [6.45, 7) is 4.16. The molecule has 0 radical (unpaired) electrons. The van der Waals surface area contributed by atoms with E-state index in [-0.39, 0.29) is 17.1 Å². The topological polar surface area (TPSA) is 117 Å². The second kappa shape index (κ2) is 10.8. The summed E-state index contributed by atoms with van der Waals surface area (Å²) in [4.78, 5) is 12.2. The molecule has 0 amide bonds. The molecule has 41 heavy (non-hydrogen) atoms. The number of nitriles is 1. The molecule has 3 aromatic carbocycles. The van der Waals surface area contributed by atoms with E-state index in [0.29, 0.717) is 38.6 Å². The molecule has 0 saturated carbocycles. The molecule has 0 aliphatic carbocycles. The first kappa shape index (κ1) is 26.7. The predicted octanol–water partition coefficient (Wildman–Crippen LogP) is 6.90. The maximum Gasteiger partial charge on any atom is 0.141 e. The van der Waals surface area contributed by atoms with Crippen molar-refractivity contribution in [2.24, 2.45) is 0 Å². The van der Waals surface area contributed by atoms with E-state index in [1.807, 2.05) is 35.5 Å². The molecule has 12 heteroatoms. The minimum absolute atomic E-state index is 0.0379. The van der Waals surface area contributed by atoms with Gasteiger partial charge in [-0.25, -0.2) is 9.37 Å². The Morgan fingerprint density at radius 3 is 2.61 bits per heavy atom. The normalized spacial score (nSPS) is 13.8. The number of imidazole rings is 1. The van der Waals surface area contributed by atoms with Crippen LogP contribution in [0.25, 0.3) is 21.9 Å². The lowest BCUT2D eigenvalue weighted by Gasteiger charge is -2.23. The van der Waals surface area contributed by atoms with Crippen LogP contribution in [0.5, 0.6) is 0 Å². The third-order valence-corrected chi connectivity index (χ3v) is 7.39. The smallest absolute Gasteiger partial charge is 0.141 e. The van der Waals surface area contributed by atoms with E-state index >= 15 is 0 Å². The van der Waals surface area contributed by atoms with Crippen LogP contribution in [0.1, 0.15) is 31.0 Å². The Labute approximate surface area is 244 Å². The summed E-state index contributed by atoms with van der Waals surface area (Å²) in [5.41, 5.74) is 12.5. The fraction of sp³-hybridized carbons (Fsp3) is 0.138. The van der Waals surface area contributed by atoms with E-state index in [9.17, 15) is 9.65 Å². The van der Waals surface area contributed by atoms with Gasteiger partial charge in [0.25, 0.3) is 0 Å². The first-order valence-corrected chi connectivity index (χ1v) is 13.5. The highest BCUT2D eigenvalue weighted by Gasteiger charge is 2.26. The number of anilines is 3. The van der Waals surface area contributed by atoms with Crippen molar-refractivity contribution in [1.29, 1.82) is 5.26 Å². The summed E-state index contributed by atoms with van der Waals surface area (Å²) < 4.78 is 13.8. The molecule has 6 rings (SSSR count). The number of aromatic amines is 1. The average Bonchev–Trinajstić information content (AvgIpc) is 3.64. The zero-order chi connectivity index (χ0) is 28.7. The number of fused-ring (bicyclic) bond motifs is 2. The second-order valence-corrected chi connectivity index (χ2v) is 10.6. The van der Waals surface area contributed by atoms with Gasteiger partial charge in [0.2, 0.25) is 0 Å². The molecule has 206 valence electrons. The largest absolute Gasteiger partial charge is 0.373 e. The van der Waals surface area contributed by atoms with Crippen molar-refractivity contribution in [3.05, 3.63) is 99.9 Å². The van der Waals surface area contributed by atoms with Gasteiger partial charge in [-0.15, -0.1) is 5.53 Å². The predicted molar refractivity (Wildman–Crippen MR) is 160 cm³/mol. The van der Waals surface area contributed by atoms with Crippen molar-refractivity contribution in [2.75, 3.05) is 10.6 Å². The van der Waals surface area contributed by atoms with Crippen LogP contribution in [0, 0.1) is 17.1 Å². The van der Waals surface area contributed by atoms with Crippen molar-refractivity contribution in [2.45, 2.75) is 25.9 Å². The van der Waals surface area contributed by atoms with Gasteiger partial charge < -0.3 is 21.0 Å². The Morgan fingerprint density at radius 2 is 1.85 bits per heavy atom. The number of aromatic nitrogens is 3. The molecule has 1 atom stereocenters. The summed E-state index contributed by atoms with van der Waals surface area (Å²) in [5, 5.41) is 19.6. The van der Waals surface area contributed by atoms with Gasteiger partial charge in [0.15, 0.2) is 0 Å². The van der Waals surface area contributed by atoms with E-state index in [2.05, 4.69) is 56.5 Å². The zero-order valence-corrected chi connectivity index (χ0v) is 23.4. The maximum atomic E-state index is 13.8. The summed E-state index contributed by atoms with van der Waals surface area (Å²) in [7, 11) is 0. The quantitative estimate of drug-likeness (QED) is 0.139. The van der Waals surface area contributed by atoms with Crippen LogP contribution in [0.2, 0.25) is 10.0 Å². The molecule has 3 heterocycles. The van der Waals surface area contributed by atoms with Crippen molar-refractivity contribution < 1.29 is 4.39 Å². The standard InChI is InChI=1S/C29H24Cl2FN9/c1-15(2)41-13-25(39-40-41)29(19-4-3-5-24-28(19)36-14-35-24)38-18-8-20-26(37-17-6-7-23(32)21(30)9-17)16(11-33)12-34-27(20)22(31)10-18/h3-10,12-15,29,38-40H,1-2H3,(H,34,37)(H,35,36)/t29-/m0/s1. The highest BCUT2D eigenvalue weighted by molar-refractivity contribution is 6.36. The number of hydrogen-bond acceptors (Lipinski definition) is 8. The third-order valence-electron chi connectivity index (χ3n) is 6.81. The maximum absolute atomic E-state index is 13.8. The third kappa shape index (κ3) is 5.07. The molecule has 0 bridgehead atoms. The lowest BCUT2D eigenvalue weighted by atomic mass is 10.0. The molecular formula is C29H24Cl2FN9. The van der Waals surface area contributed by atoms with E-state index in [0.717, 1.165) is 22.3 Å². The summed E-state index contributed by atoms with van der Waals surface area (Å²) in [6.07, 6.45) is 5.13. The molecule has 0 fully saturated rings. The number of para-hydroxylation sites is 1. The number of nitrogens with one attached hydrogen (secondary N) is 5. The number of H-pyrrole nitrogens is 1. The molecule has 0 spiro atoms. The number of halogens is 3. The van der Waals surface area contributed by atoms with Crippen molar-refractivity contribution in [3.8, 4) is 6.07 Å². The molecule has 5 aromatic rings. The van der Waals surface area contributed by atoms with Gasteiger partial charge in [0.1, 0.15) is 11.9 Å². The van der Waals surface area contributed by atoms with Gasteiger partial charge in [-0.1, -0.05) is 35.3 Å². The minimum atomic E-state index is -0.537. The molecular weight excluding hydrogens is 564 g/mol. The summed E-state index contributed by atoms with van der Waals surface area (Å²) in [5.74, 6) is -0.537. The SMILES string of the molecule is CC(C)N1C=C([C@@H](Nc2cc(Cl)c3ncc(C#N)c(Nc4ccc(F)c(Cl)c4)c3c2)c2cccc3[nH]cnc23)NN1. The zero-order valence-electron chi connectivity index (χ0n) is 21.9. The molecule has 9 nitrogen and oxygen atoms in total. The number of rotatable bonds is 7. The van der Waals surface area contributed by atoms with Crippen molar-refractivity contribution in [1.82, 2.24) is 30.9 Å². The average molecular weight is 588 g/mol. The Hall–Kier alpha value is -4.56. The van der Waals surface area contributed by atoms with Crippen LogP contribution in [-0.4, -0.2) is 26.0 Å². The van der Waals surface area contributed by atoms with Crippen molar-refractivity contribution in [3.63, 3.8) is 0 Å². The van der Waals surface area contributed by atoms with Crippen LogP contribution in [0.4, 0.5) is 21.5 Å². The van der Waals surface area contributed by atoms with E-state index in [1.54, 1.807) is 18.5 Å². The number of hydrogen-bond donors (Lipinski definition) is 5. The molecule has 1 aliphatic rings. The van der Waals surface area contributed by atoms with Crippen LogP contribution >= 0.6 is 23.2 Å². The first-order chi connectivity index (χ1) is 19.8. The molecule has 0 unspecified atom stereocenters. The Morgan fingerprint density at radius 1 is 1.02 bits per heavy atom. The Kier molecular flexibility index (Phi) is 7.01. The number of hydrazine groups is 2. The van der Waals surface area contributed by atoms with Gasteiger partial charge in [0.05, 0.1) is 55.9 Å². The van der Waals surface area contributed by atoms with Crippen LogP contribution in [-0.2, 0) is 0 Å². The number of benzene rings is 3. The Balaban J connectivity index is 1.47. The molecule has 1 aliphatic heterocycles. The second-order valence-electron chi connectivity index (χ2n) is 9.81. The van der Waals surface area contributed by atoms with Gasteiger partial charge in [-0.05, 0) is 50.2 Å². The van der Waals surface area contributed by atoms with Gasteiger partial charge in [0, 0.05) is 40.8 Å². The molecule has 2 aromatic heterocycles. The van der Waals surface area contributed by atoms with Gasteiger partial charge in [-0.3, -0.25) is 9.99 Å². The molecule has 0 saturated heterocycles. The fourth-order valence-electron chi connectivity index (χ4n) is 4.76. The molecule has 5 N–H and O–H groups in total.